The molecule has 0 bridgehead atoms. The number of aryl methyl sites for hydroxylation is 1. The zero-order chi connectivity index (χ0) is 18.4. The van der Waals surface area contributed by atoms with Crippen LogP contribution >= 0.6 is 34.5 Å². The lowest BCUT2D eigenvalue weighted by Crippen LogP contribution is -2.24. The molecule has 1 amide bonds. The smallest absolute Gasteiger partial charge is 0.252 e. The highest BCUT2D eigenvalue weighted by Crippen LogP contribution is 2.25. The summed E-state index contributed by atoms with van der Waals surface area (Å²) in [7, 11) is 0. The molecule has 26 heavy (non-hydrogen) atoms. The molecule has 3 aromatic rings. The first-order valence-corrected chi connectivity index (χ1v) is 9.85. The third-order valence-electron chi connectivity index (χ3n) is 3.81. The van der Waals surface area contributed by atoms with Gasteiger partial charge in [0.05, 0.1) is 26.3 Å². The molecule has 7 heteroatoms. The SMILES string of the molecule is O=C(NCCCCc1nc(-c2cccnc2)cs1)c1cccc(Cl)c1Cl. The molecule has 0 aliphatic carbocycles. The predicted molar refractivity (Wildman–Crippen MR) is 107 cm³/mol. The van der Waals surface area contributed by atoms with Crippen LogP contribution in [-0.2, 0) is 6.42 Å². The highest BCUT2D eigenvalue weighted by molar-refractivity contribution is 7.09. The number of thiazole rings is 1. The number of amides is 1. The van der Waals surface area contributed by atoms with Crippen LogP contribution in [0, 0.1) is 0 Å². The van der Waals surface area contributed by atoms with Gasteiger partial charge >= 0.3 is 0 Å². The fraction of sp³-hybridized carbons (Fsp3) is 0.211. The van der Waals surface area contributed by atoms with E-state index in [-0.39, 0.29) is 10.9 Å². The number of nitrogens with zero attached hydrogens (tertiary/aromatic N) is 2. The van der Waals surface area contributed by atoms with E-state index in [0.29, 0.717) is 17.1 Å². The summed E-state index contributed by atoms with van der Waals surface area (Å²) in [4.78, 5) is 20.9. The Balaban J connectivity index is 1.43. The van der Waals surface area contributed by atoms with Crippen molar-refractivity contribution in [2.45, 2.75) is 19.3 Å². The van der Waals surface area contributed by atoms with Crippen molar-refractivity contribution in [2.24, 2.45) is 0 Å². The highest BCUT2D eigenvalue weighted by Gasteiger charge is 2.12. The molecule has 0 spiro atoms. The molecule has 134 valence electrons. The second-order valence-electron chi connectivity index (χ2n) is 5.68. The van der Waals surface area contributed by atoms with Crippen molar-refractivity contribution in [2.75, 3.05) is 6.54 Å². The maximum atomic E-state index is 12.1. The van der Waals surface area contributed by atoms with Gasteiger partial charge in [0.1, 0.15) is 0 Å². The standard InChI is InChI=1S/C19H17Cl2N3OS/c20-15-7-3-6-14(18(15)21)19(25)23-10-2-1-8-17-24-16(12-26-17)13-5-4-9-22-11-13/h3-7,9,11-12H,1-2,8,10H2,(H,23,25). The van der Waals surface area contributed by atoms with Gasteiger partial charge in [-0.25, -0.2) is 4.98 Å². The van der Waals surface area contributed by atoms with E-state index >= 15 is 0 Å². The van der Waals surface area contributed by atoms with Gasteiger partial charge in [-0.3, -0.25) is 9.78 Å². The van der Waals surface area contributed by atoms with Gasteiger partial charge in [-0.15, -0.1) is 11.3 Å². The van der Waals surface area contributed by atoms with Crippen LogP contribution in [0.15, 0.2) is 48.1 Å². The Morgan fingerprint density at radius 2 is 2.04 bits per heavy atom. The average Bonchev–Trinajstić information content (AvgIpc) is 3.13. The number of hydrogen-bond acceptors (Lipinski definition) is 4. The van der Waals surface area contributed by atoms with Crippen LogP contribution in [0.3, 0.4) is 0 Å². The third-order valence-corrected chi connectivity index (χ3v) is 5.54. The van der Waals surface area contributed by atoms with Crippen molar-refractivity contribution in [3.05, 3.63) is 68.7 Å². The van der Waals surface area contributed by atoms with Crippen molar-refractivity contribution in [3.8, 4) is 11.3 Å². The molecule has 2 heterocycles. The Kier molecular flexibility index (Phi) is 6.61. The summed E-state index contributed by atoms with van der Waals surface area (Å²) in [5.74, 6) is -0.203. The molecule has 0 aliphatic rings. The molecule has 0 aliphatic heterocycles. The lowest BCUT2D eigenvalue weighted by Gasteiger charge is -2.07. The van der Waals surface area contributed by atoms with Gasteiger partial charge in [-0.1, -0.05) is 29.3 Å². The first-order valence-electron chi connectivity index (χ1n) is 8.22. The number of rotatable bonds is 7. The maximum Gasteiger partial charge on any atom is 0.252 e. The lowest BCUT2D eigenvalue weighted by molar-refractivity contribution is 0.0953. The summed E-state index contributed by atoms with van der Waals surface area (Å²) in [6.45, 7) is 0.586. The van der Waals surface area contributed by atoms with Crippen LogP contribution in [-0.4, -0.2) is 22.4 Å². The number of aromatic nitrogens is 2. The summed E-state index contributed by atoms with van der Waals surface area (Å²) < 4.78 is 0. The topological polar surface area (TPSA) is 54.9 Å². The van der Waals surface area contributed by atoms with Crippen LogP contribution in [0.5, 0.6) is 0 Å². The summed E-state index contributed by atoms with van der Waals surface area (Å²) in [5, 5.41) is 6.69. The van der Waals surface area contributed by atoms with Crippen molar-refractivity contribution >= 4 is 40.4 Å². The van der Waals surface area contributed by atoms with Crippen LogP contribution in [0.25, 0.3) is 11.3 Å². The normalized spacial score (nSPS) is 10.7. The van der Waals surface area contributed by atoms with Gasteiger partial charge in [0, 0.05) is 29.9 Å². The maximum absolute atomic E-state index is 12.1. The molecule has 0 unspecified atom stereocenters. The van der Waals surface area contributed by atoms with Crippen molar-refractivity contribution in [1.29, 1.82) is 0 Å². The Labute approximate surface area is 166 Å². The molecule has 0 saturated carbocycles. The average molecular weight is 406 g/mol. The molecule has 2 aromatic heterocycles. The van der Waals surface area contributed by atoms with E-state index in [9.17, 15) is 4.79 Å². The molecule has 1 N–H and O–H groups in total. The van der Waals surface area contributed by atoms with Gasteiger partial charge in [0.25, 0.3) is 5.91 Å². The van der Waals surface area contributed by atoms with Crippen LogP contribution < -0.4 is 5.32 Å². The summed E-state index contributed by atoms with van der Waals surface area (Å²) in [6, 6.07) is 8.95. The number of halogens is 2. The Morgan fingerprint density at radius 3 is 2.85 bits per heavy atom. The zero-order valence-electron chi connectivity index (χ0n) is 13.9. The van der Waals surface area contributed by atoms with Gasteiger partial charge in [0.15, 0.2) is 0 Å². The first kappa shape index (κ1) is 18.8. The minimum absolute atomic E-state index is 0.203. The summed E-state index contributed by atoms with van der Waals surface area (Å²) >= 11 is 13.6. The van der Waals surface area contributed by atoms with Crippen LogP contribution in [0.2, 0.25) is 10.0 Å². The van der Waals surface area contributed by atoms with E-state index in [0.717, 1.165) is 35.5 Å². The predicted octanol–water partition coefficient (Wildman–Crippen LogP) is 5.26. The van der Waals surface area contributed by atoms with Crippen LogP contribution in [0.4, 0.5) is 0 Å². The number of pyridine rings is 1. The number of carbonyl (C=O) groups excluding carboxylic acids is 1. The van der Waals surface area contributed by atoms with E-state index in [1.807, 2.05) is 18.3 Å². The molecule has 0 saturated heterocycles. The molecule has 1 aromatic carbocycles. The van der Waals surface area contributed by atoms with E-state index in [2.05, 4.69) is 20.7 Å². The molecule has 4 nitrogen and oxygen atoms in total. The van der Waals surface area contributed by atoms with Gasteiger partial charge in [-0.2, -0.15) is 0 Å². The molecule has 0 radical (unpaired) electrons. The quantitative estimate of drug-likeness (QED) is 0.545. The second kappa shape index (κ2) is 9.12. The number of nitrogens with one attached hydrogen (secondary N) is 1. The molecule has 3 rings (SSSR count). The summed E-state index contributed by atoms with van der Waals surface area (Å²) in [5.41, 5.74) is 2.39. The van der Waals surface area contributed by atoms with Crippen molar-refractivity contribution in [1.82, 2.24) is 15.3 Å². The van der Waals surface area contributed by atoms with Crippen molar-refractivity contribution in [3.63, 3.8) is 0 Å². The second-order valence-corrected chi connectivity index (χ2v) is 7.41. The number of hydrogen-bond donors (Lipinski definition) is 1. The number of carbonyl (C=O) groups is 1. The van der Waals surface area contributed by atoms with Crippen molar-refractivity contribution < 1.29 is 4.79 Å². The Hall–Kier alpha value is -1.95. The largest absolute Gasteiger partial charge is 0.352 e. The van der Waals surface area contributed by atoms with Crippen LogP contribution in [0.1, 0.15) is 28.2 Å². The highest BCUT2D eigenvalue weighted by atomic mass is 35.5. The molecular formula is C19H17Cl2N3OS. The zero-order valence-corrected chi connectivity index (χ0v) is 16.2. The van der Waals surface area contributed by atoms with E-state index in [4.69, 9.17) is 23.2 Å². The van der Waals surface area contributed by atoms with Gasteiger partial charge < -0.3 is 5.32 Å². The summed E-state index contributed by atoms with van der Waals surface area (Å²) in [6.07, 6.45) is 6.27. The number of unbranched alkanes of at least 4 members (excludes halogenated alkanes) is 1. The fourth-order valence-electron chi connectivity index (χ4n) is 2.45. The number of benzene rings is 1. The monoisotopic (exact) mass is 405 g/mol. The van der Waals surface area contributed by atoms with E-state index in [1.54, 1.807) is 35.7 Å². The minimum Gasteiger partial charge on any atom is -0.352 e. The molecule has 0 fully saturated rings. The Bertz CT molecular complexity index is 884. The van der Waals surface area contributed by atoms with Gasteiger partial charge in [0.2, 0.25) is 0 Å². The first-order chi connectivity index (χ1) is 12.6. The molecular weight excluding hydrogens is 389 g/mol. The third kappa shape index (κ3) is 4.81. The van der Waals surface area contributed by atoms with E-state index in [1.165, 1.54) is 0 Å². The Morgan fingerprint density at radius 1 is 1.15 bits per heavy atom. The van der Waals surface area contributed by atoms with Gasteiger partial charge in [-0.05, 0) is 43.5 Å². The lowest BCUT2D eigenvalue weighted by atomic mass is 10.2. The van der Waals surface area contributed by atoms with E-state index < -0.39 is 0 Å². The fourth-order valence-corrected chi connectivity index (χ4v) is 3.69. The molecule has 0 atom stereocenters. The minimum atomic E-state index is -0.203.